The summed E-state index contributed by atoms with van der Waals surface area (Å²) in [6.45, 7) is 0. The van der Waals surface area contributed by atoms with Crippen molar-refractivity contribution in [2.75, 3.05) is 0 Å². The SMILES string of the molecule is Oc1ccc2cc1Oc1ccc(cc1)CCc1ccc(c(O)c1)-c1ccc(cc1O)CC2. The van der Waals surface area contributed by atoms with Gasteiger partial charge in [0.25, 0.3) is 0 Å². The number of aromatic hydroxyl groups is 3. The molecule has 5 aliphatic rings. The third kappa shape index (κ3) is 4.12. The van der Waals surface area contributed by atoms with Crippen molar-refractivity contribution in [1.29, 1.82) is 0 Å². The van der Waals surface area contributed by atoms with Crippen molar-refractivity contribution >= 4 is 0 Å². The van der Waals surface area contributed by atoms with E-state index in [1.165, 1.54) is 0 Å². The predicted octanol–water partition coefficient (Wildman–Crippen LogP) is 6.15. The third-order valence-corrected chi connectivity index (χ3v) is 5.99. The van der Waals surface area contributed by atoms with E-state index in [4.69, 9.17) is 4.74 Å². The first kappa shape index (κ1) is 20.0. The van der Waals surface area contributed by atoms with E-state index >= 15 is 0 Å². The normalized spacial score (nSPS) is 13.1. The van der Waals surface area contributed by atoms with Gasteiger partial charge in [0, 0.05) is 11.1 Å². The Morgan fingerprint density at radius 3 is 1.50 bits per heavy atom. The summed E-state index contributed by atoms with van der Waals surface area (Å²) in [6.07, 6.45) is 3.05. The summed E-state index contributed by atoms with van der Waals surface area (Å²) in [5, 5.41) is 31.5. The zero-order valence-corrected chi connectivity index (χ0v) is 17.6. The highest BCUT2D eigenvalue weighted by Gasteiger charge is 2.12. The molecule has 8 bridgehead atoms. The number of rotatable bonds is 0. The van der Waals surface area contributed by atoms with Gasteiger partial charge >= 0.3 is 0 Å². The summed E-state index contributed by atoms with van der Waals surface area (Å²) in [4.78, 5) is 0. The minimum absolute atomic E-state index is 0.102. The zero-order chi connectivity index (χ0) is 22.1. The van der Waals surface area contributed by atoms with E-state index in [1.807, 2.05) is 60.7 Å². The predicted molar refractivity (Wildman–Crippen MR) is 125 cm³/mol. The van der Waals surface area contributed by atoms with Crippen LogP contribution in [-0.4, -0.2) is 15.3 Å². The standard InChI is InChI=1S/C28H24O4/c29-25-14-9-21-4-3-20-8-13-24(27(31)16-20)23-12-7-19(15-26(23)30)2-1-18-5-10-22(11-6-18)32-28(25)17-21/h5-17,29-31H,1-4H2. The molecule has 4 nitrogen and oxygen atoms in total. The fourth-order valence-corrected chi connectivity index (χ4v) is 4.15. The highest BCUT2D eigenvalue weighted by Crippen LogP contribution is 2.37. The molecule has 5 heterocycles. The molecule has 5 aliphatic heterocycles. The summed E-state index contributed by atoms with van der Waals surface area (Å²) < 4.78 is 5.94. The van der Waals surface area contributed by atoms with E-state index in [0.717, 1.165) is 47.9 Å². The average molecular weight is 424 g/mol. The van der Waals surface area contributed by atoms with Gasteiger partial charge in [0.15, 0.2) is 11.5 Å². The molecule has 4 heteroatoms. The zero-order valence-electron chi connectivity index (χ0n) is 17.6. The molecule has 3 N–H and O–H groups in total. The molecule has 0 aliphatic carbocycles. The van der Waals surface area contributed by atoms with Crippen LogP contribution in [0.2, 0.25) is 0 Å². The molecule has 0 fully saturated rings. The lowest BCUT2D eigenvalue weighted by atomic mass is 9.96. The maximum atomic E-state index is 10.6. The van der Waals surface area contributed by atoms with Crippen LogP contribution in [0.5, 0.6) is 28.7 Å². The van der Waals surface area contributed by atoms with Crippen molar-refractivity contribution in [3.8, 4) is 39.9 Å². The molecule has 32 heavy (non-hydrogen) atoms. The quantitative estimate of drug-likeness (QED) is 0.317. The molecule has 0 saturated carbocycles. The maximum absolute atomic E-state index is 10.6. The van der Waals surface area contributed by atoms with E-state index in [1.54, 1.807) is 18.2 Å². The molecule has 0 radical (unpaired) electrons. The van der Waals surface area contributed by atoms with Crippen LogP contribution >= 0.6 is 0 Å². The largest absolute Gasteiger partial charge is 0.507 e. The number of phenolic OH excluding ortho intramolecular Hbond substituents is 3. The number of hydrogen-bond donors (Lipinski definition) is 3. The van der Waals surface area contributed by atoms with Crippen LogP contribution in [0.15, 0.2) is 78.9 Å². The summed E-state index contributed by atoms with van der Waals surface area (Å²) in [5.74, 6) is 1.51. The minimum atomic E-state index is 0.102. The van der Waals surface area contributed by atoms with Crippen LogP contribution in [-0.2, 0) is 25.7 Å². The number of hydrogen-bond acceptors (Lipinski definition) is 4. The molecule has 0 aromatic heterocycles. The van der Waals surface area contributed by atoms with Crippen molar-refractivity contribution < 1.29 is 20.1 Å². The van der Waals surface area contributed by atoms with Crippen molar-refractivity contribution in [3.05, 3.63) is 101 Å². The van der Waals surface area contributed by atoms with Crippen molar-refractivity contribution in [2.24, 2.45) is 0 Å². The van der Waals surface area contributed by atoms with Gasteiger partial charge in [0.2, 0.25) is 0 Å². The second-order valence-electron chi connectivity index (χ2n) is 8.25. The topological polar surface area (TPSA) is 69.9 Å². The van der Waals surface area contributed by atoms with Gasteiger partial charge in [-0.25, -0.2) is 0 Å². The van der Waals surface area contributed by atoms with E-state index in [9.17, 15) is 15.3 Å². The molecule has 4 aromatic rings. The first-order valence-electron chi connectivity index (χ1n) is 10.8. The van der Waals surface area contributed by atoms with Gasteiger partial charge in [-0.15, -0.1) is 0 Å². The second-order valence-corrected chi connectivity index (χ2v) is 8.25. The molecule has 0 saturated heterocycles. The number of fused-ring (bicyclic) bond motifs is 1. The van der Waals surface area contributed by atoms with Crippen LogP contribution in [0.3, 0.4) is 0 Å². The second kappa shape index (κ2) is 8.31. The summed E-state index contributed by atoms with van der Waals surface area (Å²) in [7, 11) is 0. The number of phenols is 3. The summed E-state index contributed by atoms with van der Waals surface area (Å²) in [6, 6.07) is 24.4. The van der Waals surface area contributed by atoms with E-state index < -0.39 is 0 Å². The van der Waals surface area contributed by atoms with Crippen molar-refractivity contribution in [1.82, 2.24) is 0 Å². The molecular formula is C28H24O4. The first-order chi connectivity index (χ1) is 15.5. The Balaban J connectivity index is 1.55. The molecular weight excluding hydrogens is 400 g/mol. The maximum Gasteiger partial charge on any atom is 0.169 e. The third-order valence-electron chi connectivity index (χ3n) is 5.99. The minimum Gasteiger partial charge on any atom is -0.507 e. The van der Waals surface area contributed by atoms with Gasteiger partial charge in [-0.1, -0.05) is 42.5 Å². The van der Waals surface area contributed by atoms with E-state index in [0.29, 0.717) is 22.6 Å². The Labute approximate surface area is 187 Å². The fraction of sp³-hybridized carbons (Fsp3) is 0.143. The van der Waals surface area contributed by atoms with Crippen LogP contribution < -0.4 is 4.74 Å². The highest BCUT2D eigenvalue weighted by molar-refractivity contribution is 5.76. The molecule has 0 unspecified atom stereocenters. The molecule has 0 spiro atoms. The Morgan fingerprint density at radius 1 is 0.469 bits per heavy atom. The van der Waals surface area contributed by atoms with Crippen LogP contribution in [0.25, 0.3) is 11.1 Å². The number of ether oxygens (including phenoxy) is 1. The lowest BCUT2D eigenvalue weighted by Gasteiger charge is -2.13. The van der Waals surface area contributed by atoms with Crippen molar-refractivity contribution in [3.63, 3.8) is 0 Å². The lowest BCUT2D eigenvalue weighted by Crippen LogP contribution is -1.95. The summed E-state index contributed by atoms with van der Waals surface area (Å²) >= 11 is 0. The Bertz CT molecular complexity index is 1280. The fourth-order valence-electron chi connectivity index (χ4n) is 4.15. The van der Waals surface area contributed by atoms with Gasteiger partial charge in [-0.2, -0.15) is 0 Å². The number of benzene rings is 4. The first-order valence-corrected chi connectivity index (χ1v) is 10.8. The van der Waals surface area contributed by atoms with Gasteiger partial charge in [-0.05, 0) is 84.3 Å². The Morgan fingerprint density at radius 2 is 0.938 bits per heavy atom. The van der Waals surface area contributed by atoms with E-state index in [-0.39, 0.29) is 17.2 Å². The summed E-state index contributed by atoms with van der Waals surface area (Å²) in [5.41, 5.74) is 5.43. The Kier molecular flexibility index (Phi) is 5.20. The molecule has 9 rings (SSSR count). The Hall–Kier alpha value is -3.92. The van der Waals surface area contributed by atoms with Gasteiger partial charge in [0.1, 0.15) is 17.2 Å². The smallest absolute Gasteiger partial charge is 0.169 e. The molecule has 4 aromatic carbocycles. The van der Waals surface area contributed by atoms with E-state index in [2.05, 4.69) is 0 Å². The van der Waals surface area contributed by atoms with Crippen LogP contribution in [0.4, 0.5) is 0 Å². The monoisotopic (exact) mass is 424 g/mol. The van der Waals surface area contributed by atoms with Crippen molar-refractivity contribution in [2.45, 2.75) is 25.7 Å². The molecule has 0 atom stereocenters. The van der Waals surface area contributed by atoms with Gasteiger partial charge in [-0.3, -0.25) is 0 Å². The average Bonchev–Trinajstić information content (AvgIpc) is 2.79. The van der Waals surface area contributed by atoms with Gasteiger partial charge in [0.05, 0.1) is 0 Å². The molecule has 0 amide bonds. The number of aryl methyl sites for hydroxylation is 4. The lowest BCUT2D eigenvalue weighted by molar-refractivity contribution is 0.410. The molecule has 160 valence electrons. The van der Waals surface area contributed by atoms with Crippen LogP contribution in [0, 0.1) is 0 Å². The van der Waals surface area contributed by atoms with Gasteiger partial charge < -0.3 is 20.1 Å². The highest BCUT2D eigenvalue weighted by atomic mass is 16.5. The van der Waals surface area contributed by atoms with Crippen LogP contribution in [0.1, 0.15) is 22.3 Å².